The van der Waals surface area contributed by atoms with Crippen LogP contribution in [0.25, 0.3) is 0 Å². The minimum absolute atomic E-state index is 0.101. The number of nitrogens with zero attached hydrogens (tertiary/aromatic N) is 1. The quantitative estimate of drug-likeness (QED) is 0.465. The molecular formula is C24H28N2O6. The number of allylic oxidation sites excluding steroid dienone is 2. The van der Waals surface area contributed by atoms with Crippen LogP contribution in [0.4, 0.5) is 5.69 Å². The van der Waals surface area contributed by atoms with Gasteiger partial charge in [-0.1, -0.05) is 11.6 Å². The number of carbonyl (C=O) groups is 2. The van der Waals surface area contributed by atoms with Crippen molar-refractivity contribution in [2.24, 2.45) is 0 Å². The van der Waals surface area contributed by atoms with Gasteiger partial charge in [0.15, 0.2) is 0 Å². The van der Waals surface area contributed by atoms with E-state index in [0.717, 1.165) is 22.3 Å². The summed E-state index contributed by atoms with van der Waals surface area (Å²) in [6.07, 6.45) is 5.00. The number of methoxy groups -OCH3 is 3. The van der Waals surface area contributed by atoms with Crippen molar-refractivity contribution in [1.82, 2.24) is 4.98 Å². The number of hydrogen-bond acceptors (Lipinski definition) is 7. The number of benzene rings is 1. The molecule has 0 spiro atoms. The van der Waals surface area contributed by atoms with E-state index in [2.05, 4.69) is 10.3 Å². The number of ether oxygens (including phenoxy) is 4. The Kier molecular flexibility index (Phi) is 7.35. The Labute approximate surface area is 187 Å². The first-order chi connectivity index (χ1) is 15.4. The number of aromatic nitrogens is 1. The molecule has 1 aliphatic heterocycles. The summed E-state index contributed by atoms with van der Waals surface area (Å²) in [5.74, 6) is 1.18. The monoisotopic (exact) mass is 440 g/mol. The summed E-state index contributed by atoms with van der Waals surface area (Å²) in [6, 6.07) is 3.43. The highest BCUT2D eigenvalue weighted by Crippen LogP contribution is 2.42. The fourth-order valence-corrected chi connectivity index (χ4v) is 3.72. The second-order valence-corrected chi connectivity index (χ2v) is 7.49. The van der Waals surface area contributed by atoms with Crippen LogP contribution in [0.2, 0.25) is 0 Å². The van der Waals surface area contributed by atoms with Gasteiger partial charge in [-0.25, -0.2) is 9.78 Å². The lowest BCUT2D eigenvalue weighted by Gasteiger charge is -2.18. The van der Waals surface area contributed by atoms with E-state index in [4.69, 9.17) is 18.9 Å². The number of anilines is 1. The molecule has 1 aromatic heterocycles. The molecule has 0 aliphatic carbocycles. The number of nitrogens with one attached hydrogen (secondary N) is 1. The number of fused-ring (bicyclic) bond motifs is 1. The van der Waals surface area contributed by atoms with Gasteiger partial charge >= 0.3 is 5.97 Å². The number of carbonyl (C=O) groups excluding carboxylic acids is 2. The van der Waals surface area contributed by atoms with Gasteiger partial charge in [0.05, 0.1) is 33.2 Å². The maximum atomic E-state index is 12.3. The Bertz CT molecular complexity index is 1040. The molecule has 8 heteroatoms. The van der Waals surface area contributed by atoms with E-state index < -0.39 is 0 Å². The van der Waals surface area contributed by atoms with Crippen molar-refractivity contribution in [3.8, 4) is 17.4 Å². The third kappa shape index (κ3) is 4.85. The van der Waals surface area contributed by atoms with Gasteiger partial charge in [0, 0.05) is 23.6 Å². The maximum Gasteiger partial charge on any atom is 0.342 e. The first kappa shape index (κ1) is 23.1. The van der Waals surface area contributed by atoms with E-state index in [1.165, 1.54) is 14.2 Å². The molecule has 1 N–H and O–H groups in total. The molecule has 0 radical (unpaired) electrons. The summed E-state index contributed by atoms with van der Waals surface area (Å²) in [7, 11) is 4.68. The average molecular weight is 440 g/mol. The molecule has 1 aromatic carbocycles. The Morgan fingerprint density at radius 2 is 1.91 bits per heavy atom. The molecule has 3 rings (SSSR count). The number of pyridine rings is 1. The highest BCUT2D eigenvalue weighted by atomic mass is 16.5. The average Bonchev–Trinajstić information content (AvgIpc) is 3.18. The lowest BCUT2D eigenvalue weighted by molar-refractivity contribution is -0.116. The predicted octanol–water partition coefficient (Wildman–Crippen LogP) is 3.99. The molecule has 0 unspecified atom stereocenters. The van der Waals surface area contributed by atoms with Crippen LogP contribution < -0.4 is 19.5 Å². The van der Waals surface area contributed by atoms with E-state index >= 15 is 0 Å². The van der Waals surface area contributed by atoms with E-state index in [9.17, 15) is 9.59 Å². The summed E-state index contributed by atoms with van der Waals surface area (Å²) >= 11 is 0. The van der Waals surface area contributed by atoms with E-state index in [1.807, 2.05) is 19.9 Å². The largest absolute Gasteiger partial charge is 0.496 e. The molecule has 1 aliphatic rings. The van der Waals surface area contributed by atoms with Gasteiger partial charge in [0.25, 0.3) is 0 Å². The van der Waals surface area contributed by atoms with E-state index in [1.54, 1.807) is 25.4 Å². The van der Waals surface area contributed by atoms with Crippen molar-refractivity contribution in [3.05, 3.63) is 52.2 Å². The minimum Gasteiger partial charge on any atom is -0.496 e. The molecule has 32 heavy (non-hydrogen) atoms. The van der Waals surface area contributed by atoms with Gasteiger partial charge in [-0.05, 0) is 38.3 Å². The summed E-state index contributed by atoms with van der Waals surface area (Å²) in [5.41, 5.74) is 4.60. The van der Waals surface area contributed by atoms with E-state index in [0.29, 0.717) is 47.9 Å². The maximum absolute atomic E-state index is 12.3. The van der Waals surface area contributed by atoms with E-state index in [-0.39, 0.29) is 18.5 Å². The van der Waals surface area contributed by atoms with Gasteiger partial charge in [0.2, 0.25) is 11.8 Å². The predicted molar refractivity (Wildman–Crippen MR) is 120 cm³/mol. The molecule has 0 bridgehead atoms. The first-order valence-electron chi connectivity index (χ1n) is 10.3. The Hall–Kier alpha value is -3.55. The van der Waals surface area contributed by atoms with Gasteiger partial charge in [-0.2, -0.15) is 0 Å². The number of amides is 1. The molecule has 2 aromatic rings. The number of cyclic esters (lactones) is 1. The fraction of sp³-hybridized carbons (Fsp3) is 0.375. The van der Waals surface area contributed by atoms with Crippen LogP contribution in [0, 0.1) is 6.92 Å². The zero-order valence-electron chi connectivity index (χ0n) is 19.0. The van der Waals surface area contributed by atoms with Gasteiger partial charge in [-0.15, -0.1) is 0 Å². The number of hydrogen-bond donors (Lipinski definition) is 1. The van der Waals surface area contributed by atoms with Crippen molar-refractivity contribution in [3.63, 3.8) is 0 Å². The van der Waals surface area contributed by atoms with Gasteiger partial charge in [0.1, 0.15) is 23.7 Å². The zero-order chi connectivity index (χ0) is 23.3. The summed E-state index contributed by atoms with van der Waals surface area (Å²) in [4.78, 5) is 28.6. The molecule has 0 fully saturated rings. The molecule has 2 heterocycles. The number of rotatable bonds is 9. The smallest absolute Gasteiger partial charge is 0.342 e. The molecule has 170 valence electrons. The Morgan fingerprint density at radius 3 is 2.53 bits per heavy atom. The molecule has 0 saturated heterocycles. The zero-order valence-corrected chi connectivity index (χ0v) is 19.0. The Balaban J connectivity index is 1.69. The van der Waals surface area contributed by atoms with Crippen molar-refractivity contribution in [2.45, 2.75) is 39.7 Å². The standard InChI is InChI=1S/C24H28N2O6/c1-14(7-10-19(27)26-16-8-11-20(29-3)25-12-16)6-9-17-22(30-4)15(2)18-13-32-24(28)21(18)23(17)31-5/h6,8,11-12H,7,9-10,13H2,1-5H3,(H,26,27)/b14-6+. The lowest BCUT2D eigenvalue weighted by atomic mass is 9.94. The van der Waals surface area contributed by atoms with Crippen LogP contribution >= 0.6 is 0 Å². The highest BCUT2D eigenvalue weighted by Gasteiger charge is 2.32. The van der Waals surface area contributed by atoms with Crippen molar-refractivity contribution in [1.29, 1.82) is 0 Å². The fourth-order valence-electron chi connectivity index (χ4n) is 3.72. The molecule has 0 saturated carbocycles. The Morgan fingerprint density at radius 1 is 1.16 bits per heavy atom. The van der Waals surface area contributed by atoms with Gasteiger partial charge < -0.3 is 24.3 Å². The van der Waals surface area contributed by atoms with Crippen molar-refractivity contribution >= 4 is 17.6 Å². The summed E-state index contributed by atoms with van der Waals surface area (Å²) in [5, 5.41) is 2.82. The van der Waals surface area contributed by atoms with Crippen molar-refractivity contribution in [2.75, 3.05) is 26.6 Å². The first-order valence-corrected chi connectivity index (χ1v) is 10.3. The highest BCUT2D eigenvalue weighted by molar-refractivity contribution is 5.98. The second-order valence-electron chi connectivity index (χ2n) is 7.49. The topological polar surface area (TPSA) is 96.0 Å². The van der Waals surface area contributed by atoms with Crippen LogP contribution in [-0.2, 0) is 22.6 Å². The normalized spacial score (nSPS) is 12.8. The van der Waals surface area contributed by atoms with Crippen LogP contribution in [0.5, 0.6) is 17.4 Å². The second kappa shape index (κ2) is 10.2. The molecule has 0 atom stereocenters. The van der Waals surface area contributed by atoms with Gasteiger partial charge in [-0.3, -0.25) is 4.79 Å². The summed E-state index contributed by atoms with van der Waals surface area (Å²) < 4.78 is 21.4. The van der Waals surface area contributed by atoms with Crippen molar-refractivity contribution < 1.29 is 28.5 Å². The minimum atomic E-state index is -0.380. The van der Waals surface area contributed by atoms with Crippen LogP contribution in [0.15, 0.2) is 30.0 Å². The molecular weight excluding hydrogens is 412 g/mol. The van der Waals surface area contributed by atoms with Crippen LogP contribution in [-0.4, -0.2) is 38.2 Å². The molecule has 1 amide bonds. The lowest BCUT2D eigenvalue weighted by Crippen LogP contribution is -2.11. The van der Waals surface area contributed by atoms with Crippen LogP contribution in [0.1, 0.15) is 46.8 Å². The molecule has 8 nitrogen and oxygen atoms in total. The third-order valence-electron chi connectivity index (χ3n) is 5.46. The third-order valence-corrected chi connectivity index (χ3v) is 5.46. The number of esters is 1. The van der Waals surface area contributed by atoms with Crippen LogP contribution in [0.3, 0.4) is 0 Å². The summed E-state index contributed by atoms with van der Waals surface area (Å²) in [6.45, 7) is 4.11. The SMILES string of the molecule is COc1ccc(NC(=O)CC/C(C)=C/Cc2c(OC)c(C)c3c(c2OC)C(=O)OC3)cn1.